The van der Waals surface area contributed by atoms with E-state index in [1.165, 1.54) is 0 Å². The third-order valence-electron chi connectivity index (χ3n) is 1.77. The first kappa shape index (κ1) is 20.4. The average Bonchev–Trinajstić information content (AvgIpc) is 1.84. The van der Waals surface area contributed by atoms with Gasteiger partial charge in [0, 0.05) is 17.9 Å². The number of hydrogen-bond donors (Lipinski definition) is 0. The Bertz CT molecular complexity index is 182. The summed E-state index contributed by atoms with van der Waals surface area (Å²) >= 11 is 0. The molecule has 70 valence electrons. The summed E-state index contributed by atoms with van der Waals surface area (Å²) in [4.78, 5) is 20.5. The second-order valence-corrected chi connectivity index (χ2v) is 3.08. The van der Waals surface area contributed by atoms with Crippen molar-refractivity contribution in [2.75, 3.05) is 0 Å². The number of carboxylic acids is 2. The fraction of sp³-hybridized carbons (Fsp3) is 0.750. The van der Waals surface area contributed by atoms with E-state index in [0.29, 0.717) is 0 Å². The van der Waals surface area contributed by atoms with Gasteiger partial charge in [0.05, 0.1) is 0 Å². The van der Waals surface area contributed by atoms with E-state index in [9.17, 15) is 19.8 Å². The summed E-state index contributed by atoms with van der Waals surface area (Å²) in [5.74, 6) is -3.20. The molecule has 0 aliphatic rings. The zero-order chi connectivity index (χ0) is 9.72. The fourth-order valence-electron chi connectivity index (χ4n) is 0.997. The molecule has 0 saturated heterocycles. The number of rotatable bonds is 5. The van der Waals surface area contributed by atoms with Gasteiger partial charge in [-0.15, -0.1) is 0 Å². The Morgan fingerprint density at radius 3 is 1.79 bits per heavy atom. The maximum Gasteiger partial charge on any atom is 1.00 e. The summed E-state index contributed by atoms with van der Waals surface area (Å²) in [5.41, 5.74) is 0. The van der Waals surface area contributed by atoms with Gasteiger partial charge >= 0.3 is 59.1 Å². The van der Waals surface area contributed by atoms with Crippen molar-refractivity contribution in [3.8, 4) is 0 Å². The topological polar surface area (TPSA) is 80.3 Å². The third-order valence-corrected chi connectivity index (χ3v) is 1.77. The van der Waals surface area contributed by atoms with Crippen LogP contribution in [0.1, 0.15) is 26.7 Å². The van der Waals surface area contributed by atoms with Crippen LogP contribution in [0.5, 0.6) is 0 Å². The van der Waals surface area contributed by atoms with E-state index >= 15 is 0 Å². The molecule has 6 heteroatoms. The summed E-state index contributed by atoms with van der Waals surface area (Å²) in [6.45, 7) is 3.44. The van der Waals surface area contributed by atoms with Crippen LogP contribution in [-0.4, -0.2) is 11.9 Å². The Kier molecular flexibility index (Phi) is 15.2. The Hall–Kier alpha value is 0.940. The van der Waals surface area contributed by atoms with Crippen LogP contribution in [0.25, 0.3) is 0 Å². The van der Waals surface area contributed by atoms with Crippen molar-refractivity contribution in [2.45, 2.75) is 26.7 Å². The van der Waals surface area contributed by atoms with Crippen molar-refractivity contribution >= 4 is 11.9 Å². The average molecular weight is 218 g/mol. The second-order valence-electron chi connectivity index (χ2n) is 3.08. The minimum Gasteiger partial charge on any atom is -0.550 e. The van der Waals surface area contributed by atoms with Gasteiger partial charge in [-0.05, 0) is 18.8 Å². The molecule has 0 fully saturated rings. The first-order valence-electron chi connectivity index (χ1n) is 3.86. The molecular weight excluding hydrogens is 206 g/mol. The van der Waals surface area contributed by atoms with E-state index in [1.807, 2.05) is 0 Å². The van der Waals surface area contributed by atoms with Crippen LogP contribution in [0.3, 0.4) is 0 Å². The zero-order valence-electron chi connectivity index (χ0n) is 9.20. The number of carbonyl (C=O) groups excluding carboxylic acids is 2. The Labute approximate surface area is 128 Å². The molecule has 0 aliphatic carbocycles. The molecular formula is C8H12Na2O4. The predicted molar refractivity (Wildman–Crippen MR) is 37.6 cm³/mol. The summed E-state index contributed by atoms with van der Waals surface area (Å²) < 4.78 is 0. The third kappa shape index (κ3) is 9.49. The van der Waals surface area contributed by atoms with Gasteiger partial charge in [-0.1, -0.05) is 13.8 Å². The molecule has 0 unspecified atom stereocenters. The van der Waals surface area contributed by atoms with E-state index in [0.717, 1.165) is 0 Å². The molecule has 0 rings (SSSR count). The molecule has 0 heterocycles. The van der Waals surface area contributed by atoms with Gasteiger partial charge in [-0.25, -0.2) is 0 Å². The minimum atomic E-state index is -1.22. The van der Waals surface area contributed by atoms with Crippen molar-refractivity contribution in [1.82, 2.24) is 0 Å². The van der Waals surface area contributed by atoms with E-state index < -0.39 is 17.9 Å². The molecule has 0 aromatic rings. The van der Waals surface area contributed by atoms with Gasteiger partial charge in [0.2, 0.25) is 0 Å². The van der Waals surface area contributed by atoms with Crippen molar-refractivity contribution in [3.63, 3.8) is 0 Å². The van der Waals surface area contributed by atoms with E-state index in [-0.39, 0.29) is 77.9 Å². The zero-order valence-corrected chi connectivity index (χ0v) is 13.2. The Balaban J connectivity index is -0.000000605. The van der Waals surface area contributed by atoms with E-state index in [1.54, 1.807) is 13.8 Å². The molecule has 0 aliphatic heterocycles. The smallest absolute Gasteiger partial charge is 0.550 e. The first-order valence-corrected chi connectivity index (χ1v) is 3.86. The summed E-state index contributed by atoms with van der Waals surface area (Å²) in [6, 6.07) is 0. The van der Waals surface area contributed by atoms with Gasteiger partial charge in [0.1, 0.15) is 0 Å². The minimum absolute atomic E-state index is 0. The molecule has 0 amide bonds. The second kappa shape index (κ2) is 10.5. The Morgan fingerprint density at radius 1 is 1.14 bits per heavy atom. The van der Waals surface area contributed by atoms with Crippen LogP contribution in [0, 0.1) is 11.8 Å². The predicted octanol–water partition coefficient (Wildman–Crippen LogP) is -7.45. The maximum atomic E-state index is 10.4. The van der Waals surface area contributed by atoms with Crippen LogP contribution in [0.4, 0.5) is 0 Å². The van der Waals surface area contributed by atoms with Gasteiger partial charge in [-0.3, -0.25) is 0 Å². The summed E-state index contributed by atoms with van der Waals surface area (Å²) in [7, 11) is 0. The number of carbonyl (C=O) groups is 2. The maximum absolute atomic E-state index is 10.4. The first-order chi connectivity index (χ1) is 5.45. The molecule has 0 aromatic carbocycles. The standard InChI is InChI=1S/C8H14O4.2Na/c1-5(2)6(8(11)12)3-4-7(9)10;;/h5-6H,3-4H2,1-2H3,(H,9,10)(H,11,12);;/q;2*+1/p-2/t6-;;/m0../s1. The number of aliphatic carboxylic acids is 2. The van der Waals surface area contributed by atoms with Crippen molar-refractivity contribution < 1.29 is 78.9 Å². The fourth-order valence-corrected chi connectivity index (χ4v) is 0.997. The van der Waals surface area contributed by atoms with Crippen molar-refractivity contribution in [3.05, 3.63) is 0 Å². The Morgan fingerprint density at radius 2 is 1.57 bits per heavy atom. The number of hydrogen-bond acceptors (Lipinski definition) is 4. The van der Waals surface area contributed by atoms with Crippen molar-refractivity contribution in [2.24, 2.45) is 11.8 Å². The monoisotopic (exact) mass is 218 g/mol. The normalized spacial score (nSPS) is 11.1. The van der Waals surface area contributed by atoms with Crippen LogP contribution in [-0.2, 0) is 9.59 Å². The molecule has 0 N–H and O–H groups in total. The SMILES string of the molecule is CC(C)[C@H](CCC(=O)[O-])C(=O)[O-].[Na+].[Na+]. The van der Waals surface area contributed by atoms with Crippen LogP contribution in [0.15, 0.2) is 0 Å². The summed E-state index contributed by atoms with van der Waals surface area (Å²) in [6.07, 6.45) is -0.140. The van der Waals surface area contributed by atoms with Gasteiger partial charge < -0.3 is 19.8 Å². The van der Waals surface area contributed by atoms with Crippen molar-refractivity contribution in [1.29, 1.82) is 0 Å². The van der Waals surface area contributed by atoms with Crippen LogP contribution in [0.2, 0.25) is 0 Å². The molecule has 0 bridgehead atoms. The molecule has 0 saturated carbocycles. The molecule has 4 nitrogen and oxygen atoms in total. The number of carboxylic acid groups (broad SMARTS) is 2. The largest absolute Gasteiger partial charge is 1.00 e. The van der Waals surface area contributed by atoms with Gasteiger partial charge in [-0.2, -0.15) is 0 Å². The van der Waals surface area contributed by atoms with Gasteiger partial charge in [0.25, 0.3) is 0 Å². The van der Waals surface area contributed by atoms with E-state index in [2.05, 4.69) is 0 Å². The van der Waals surface area contributed by atoms with E-state index in [4.69, 9.17) is 0 Å². The summed E-state index contributed by atoms with van der Waals surface area (Å²) in [5, 5.41) is 20.5. The quantitative estimate of drug-likeness (QED) is 0.429. The molecule has 14 heavy (non-hydrogen) atoms. The molecule has 0 spiro atoms. The van der Waals surface area contributed by atoms with Gasteiger partial charge in [0.15, 0.2) is 0 Å². The molecule has 1 atom stereocenters. The molecule has 0 radical (unpaired) electrons. The van der Waals surface area contributed by atoms with Crippen LogP contribution >= 0.6 is 0 Å². The van der Waals surface area contributed by atoms with Crippen LogP contribution < -0.4 is 69.3 Å². The molecule has 0 aromatic heterocycles.